The second-order valence-corrected chi connectivity index (χ2v) is 3.50. The Morgan fingerprint density at radius 3 is 2.00 bits per heavy atom. The summed E-state index contributed by atoms with van der Waals surface area (Å²) in [5, 5.41) is 0. The van der Waals surface area contributed by atoms with E-state index in [9.17, 15) is 0 Å². The minimum Gasteiger partial charge on any atom is -0.0701 e. The van der Waals surface area contributed by atoms with Crippen molar-refractivity contribution in [2.45, 2.75) is 52.9 Å². The second-order valence-electron chi connectivity index (χ2n) is 3.50. The molecule has 0 aromatic heterocycles. The molecule has 0 spiro atoms. The van der Waals surface area contributed by atoms with E-state index in [1.165, 1.54) is 32.1 Å². The highest BCUT2D eigenvalue weighted by molar-refractivity contribution is 5.26. The van der Waals surface area contributed by atoms with Gasteiger partial charge in [0.2, 0.25) is 0 Å². The maximum absolute atomic E-state index is 2.31. The van der Waals surface area contributed by atoms with Crippen LogP contribution in [0, 0.1) is 5.92 Å². The summed E-state index contributed by atoms with van der Waals surface area (Å²) in [5.41, 5.74) is 3.57. The van der Waals surface area contributed by atoms with Crippen molar-refractivity contribution in [1.82, 2.24) is 0 Å². The van der Waals surface area contributed by atoms with Gasteiger partial charge in [-0.3, -0.25) is 0 Å². The van der Waals surface area contributed by atoms with Gasteiger partial charge in [0.1, 0.15) is 0 Å². The van der Waals surface area contributed by atoms with Gasteiger partial charge in [0.05, 0.1) is 0 Å². The van der Waals surface area contributed by atoms with E-state index in [1.54, 1.807) is 11.1 Å². The molecule has 0 unspecified atom stereocenters. The topological polar surface area (TPSA) is 0 Å². The number of rotatable bonds is 4. The van der Waals surface area contributed by atoms with E-state index in [-0.39, 0.29) is 0 Å². The summed E-state index contributed by atoms with van der Waals surface area (Å²) in [6.07, 6.45) is 6.77. The smallest absolute Gasteiger partial charge is 0.0206 e. The molecular weight excluding hydrogens is 132 g/mol. The molecule has 0 saturated heterocycles. The van der Waals surface area contributed by atoms with Gasteiger partial charge in [-0.15, -0.1) is 0 Å². The zero-order chi connectivity index (χ0) is 8.27. The fourth-order valence-electron chi connectivity index (χ4n) is 1.99. The van der Waals surface area contributed by atoms with Gasteiger partial charge in [0, 0.05) is 0 Å². The van der Waals surface area contributed by atoms with Gasteiger partial charge in [-0.25, -0.2) is 0 Å². The van der Waals surface area contributed by atoms with Crippen LogP contribution in [-0.4, -0.2) is 0 Å². The molecule has 0 amide bonds. The van der Waals surface area contributed by atoms with Crippen molar-refractivity contribution in [2.24, 2.45) is 5.92 Å². The molecule has 1 rings (SSSR count). The van der Waals surface area contributed by atoms with Gasteiger partial charge in [-0.05, 0) is 38.0 Å². The molecule has 0 aliphatic heterocycles. The third kappa shape index (κ3) is 2.08. The van der Waals surface area contributed by atoms with Crippen LogP contribution >= 0.6 is 0 Å². The van der Waals surface area contributed by atoms with E-state index in [0.717, 1.165) is 5.92 Å². The van der Waals surface area contributed by atoms with Crippen molar-refractivity contribution >= 4 is 0 Å². The first-order valence-electron chi connectivity index (χ1n) is 5.04. The summed E-state index contributed by atoms with van der Waals surface area (Å²) >= 11 is 0. The molecule has 0 atom stereocenters. The molecule has 0 aromatic rings. The third-order valence-corrected chi connectivity index (χ3v) is 2.81. The van der Waals surface area contributed by atoms with Crippen molar-refractivity contribution in [3.05, 3.63) is 11.1 Å². The van der Waals surface area contributed by atoms with Gasteiger partial charge in [0.25, 0.3) is 0 Å². The minimum atomic E-state index is 0.900. The van der Waals surface area contributed by atoms with Gasteiger partial charge >= 0.3 is 0 Å². The highest BCUT2D eigenvalue weighted by Gasteiger charge is 2.20. The molecule has 0 nitrogen and oxygen atoms in total. The zero-order valence-corrected chi connectivity index (χ0v) is 8.11. The summed E-state index contributed by atoms with van der Waals surface area (Å²) in [5.74, 6) is 0.900. The minimum absolute atomic E-state index is 0.900. The first kappa shape index (κ1) is 8.83. The Labute approximate surface area is 70.7 Å². The first-order valence-corrected chi connectivity index (χ1v) is 5.04. The fraction of sp³-hybridized carbons (Fsp3) is 0.818. The predicted octanol–water partition coefficient (Wildman–Crippen LogP) is 3.92. The van der Waals surface area contributed by atoms with Crippen molar-refractivity contribution in [2.75, 3.05) is 0 Å². The largest absolute Gasteiger partial charge is 0.0701 e. The maximum Gasteiger partial charge on any atom is -0.0206 e. The fourth-order valence-corrected chi connectivity index (χ4v) is 1.99. The monoisotopic (exact) mass is 152 g/mol. The Morgan fingerprint density at radius 1 is 1.18 bits per heavy atom. The lowest BCUT2D eigenvalue weighted by atomic mass is 9.91. The lowest BCUT2D eigenvalue weighted by molar-refractivity contribution is 0.554. The number of hydrogen-bond donors (Lipinski definition) is 0. The SMILES string of the molecule is CCC(=C1CC1)C(CC)CC. The summed E-state index contributed by atoms with van der Waals surface area (Å²) in [7, 11) is 0. The quantitative estimate of drug-likeness (QED) is 0.535. The Balaban J connectivity index is 2.60. The molecule has 0 N–H and O–H groups in total. The van der Waals surface area contributed by atoms with Crippen molar-refractivity contribution in [1.29, 1.82) is 0 Å². The molecule has 1 saturated carbocycles. The number of allylic oxidation sites excluding steroid dienone is 2. The Kier molecular flexibility index (Phi) is 3.16. The van der Waals surface area contributed by atoms with Crippen LogP contribution in [0.25, 0.3) is 0 Å². The Hall–Kier alpha value is -0.260. The van der Waals surface area contributed by atoms with Crippen LogP contribution in [0.1, 0.15) is 52.9 Å². The van der Waals surface area contributed by atoms with E-state index in [0.29, 0.717) is 0 Å². The zero-order valence-electron chi connectivity index (χ0n) is 8.11. The summed E-state index contributed by atoms with van der Waals surface area (Å²) in [4.78, 5) is 0. The molecule has 0 bridgehead atoms. The van der Waals surface area contributed by atoms with E-state index in [2.05, 4.69) is 20.8 Å². The van der Waals surface area contributed by atoms with Crippen LogP contribution in [0.5, 0.6) is 0 Å². The van der Waals surface area contributed by atoms with Crippen molar-refractivity contribution in [3.8, 4) is 0 Å². The average Bonchev–Trinajstić information content (AvgIpc) is 2.82. The van der Waals surface area contributed by atoms with Gasteiger partial charge < -0.3 is 0 Å². The highest BCUT2D eigenvalue weighted by atomic mass is 14.3. The predicted molar refractivity (Wildman–Crippen MR) is 50.6 cm³/mol. The van der Waals surface area contributed by atoms with E-state index >= 15 is 0 Å². The molecule has 1 fully saturated rings. The van der Waals surface area contributed by atoms with E-state index in [4.69, 9.17) is 0 Å². The lowest BCUT2D eigenvalue weighted by Crippen LogP contribution is -2.00. The Morgan fingerprint density at radius 2 is 1.73 bits per heavy atom. The molecule has 0 heteroatoms. The normalized spacial score (nSPS) is 15.8. The van der Waals surface area contributed by atoms with Crippen LogP contribution in [0.2, 0.25) is 0 Å². The standard InChI is InChI=1S/C11H20/c1-4-9(5-2)11(6-3)10-7-8-10/h9H,4-8H2,1-3H3. The molecule has 0 radical (unpaired) electrons. The molecule has 64 valence electrons. The van der Waals surface area contributed by atoms with Gasteiger partial charge in [-0.1, -0.05) is 31.9 Å². The molecular formula is C11H20. The van der Waals surface area contributed by atoms with Crippen LogP contribution in [-0.2, 0) is 0 Å². The second kappa shape index (κ2) is 3.94. The van der Waals surface area contributed by atoms with Crippen molar-refractivity contribution < 1.29 is 0 Å². The van der Waals surface area contributed by atoms with Crippen LogP contribution in [0.3, 0.4) is 0 Å². The summed E-state index contributed by atoms with van der Waals surface area (Å²) in [6.45, 7) is 6.93. The van der Waals surface area contributed by atoms with E-state index < -0.39 is 0 Å². The summed E-state index contributed by atoms with van der Waals surface area (Å²) in [6, 6.07) is 0. The molecule has 1 aliphatic carbocycles. The first-order chi connectivity index (χ1) is 5.33. The molecule has 1 aliphatic rings. The number of hydrogen-bond acceptors (Lipinski definition) is 0. The third-order valence-electron chi connectivity index (χ3n) is 2.81. The lowest BCUT2D eigenvalue weighted by Gasteiger charge is -2.15. The van der Waals surface area contributed by atoms with Crippen LogP contribution < -0.4 is 0 Å². The maximum atomic E-state index is 2.31. The van der Waals surface area contributed by atoms with E-state index in [1.807, 2.05) is 0 Å². The average molecular weight is 152 g/mol. The summed E-state index contributed by atoms with van der Waals surface area (Å²) < 4.78 is 0. The van der Waals surface area contributed by atoms with Gasteiger partial charge in [0.15, 0.2) is 0 Å². The molecule has 11 heavy (non-hydrogen) atoms. The molecule has 0 heterocycles. The highest BCUT2D eigenvalue weighted by Crippen LogP contribution is 2.38. The van der Waals surface area contributed by atoms with Crippen molar-refractivity contribution in [3.63, 3.8) is 0 Å². The molecule has 0 aromatic carbocycles. The van der Waals surface area contributed by atoms with Crippen LogP contribution in [0.4, 0.5) is 0 Å². The Bertz CT molecular complexity index is 143. The van der Waals surface area contributed by atoms with Crippen LogP contribution in [0.15, 0.2) is 11.1 Å². The van der Waals surface area contributed by atoms with Gasteiger partial charge in [-0.2, -0.15) is 0 Å².